The maximum absolute atomic E-state index is 12.6. The molecule has 1 atom stereocenters. The predicted octanol–water partition coefficient (Wildman–Crippen LogP) is 1.88. The first-order valence-corrected chi connectivity index (χ1v) is 6.62. The first-order chi connectivity index (χ1) is 8.88. The third-order valence-corrected chi connectivity index (χ3v) is 3.59. The lowest BCUT2D eigenvalue weighted by molar-refractivity contribution is -0.136. The van der Waals surface area contributed by atoms with Crippen LogP contribution in [-0.4, -0.2) is 23.4 Å². The van der Waals surface area contributed by atoms with Gasteiger partial charge >= 0.3 is 0 Å². The van der Waals surface area contributed by atoms with Crippen LogP contribution in [0.2, 0.25) is 0 Å². The summed E-state index contributed by atoms with van der Waals surface area (Å²) in [5, 5.41) is 2.76. The van der Waals surface area contributed by atoms with Crippen molar-refractivity contribution in [3.8, 4) is 0 Å². The fourth-order valence-corrected chi connectivity index (χ4v) is 2.42. The number of aryl methyl sites for hydroxylation is 1. The molecule has 2 amide bonds. The minimum absolute atomic E-state index is 0.0690. The van der Waals surface area contributed by atoms with E-state index in [2.05, 4.69) is 5.32 Å². The number of benzene rings is 1. The Morgan fingerprint density at radius 1 is 1.26 bits per heavy atom. The zero-order chi connectivity index (χ0) is 14.2. The number of hydrogen-bond donors (Lipinski definition) is 1. The minimum Gasteiger partial charge on any atom is -0.340 e. The highest BCUT2D eigenvalue weighted by atomic mass is 16.2. The summed E-state index contributed by atoms with van der Waals surface area (Å²) in [5.74, 6) is -0.184. The Hall–Kier alpha value is -1.84. The van der Waals surface area contributed by atoms with E-state index in [4.69, 9.17) is 0 Å². The Kier molecular flexibility index (Phi) is 3.35. The van der Waals surface area contributed by atoms with E-state index in [1.165, 1.54) is 0 Å². The number of hydrogen-bond acceptors (Lipinski definition) is 2. The minimum atomic E-state index is -0.857. The monoisotopic (exact) mass is 260 g/mol. The number of piperazine rings is 1. The van der Waals surface area contributed by atoms with Crippen molar-refractivity contribution in [2.75, 3.05) is 4.90 Å². The van der Waals surface area contributed by atoms with Gasteiger partial charge in [-0.1, -0.05) is 25.1 Å². The van der Waals surface area contributed by atoms with Crippen molar-refractivity contribution in [3.63, 3.8) is 0 Å². The zero-order valence-electron chi connectivity index (χ0n) is 11.9. The average molecular weight is 260 g/mol. The number of carbonyl (C=O) groups is 2. The van der Waals surface area contributed by atoms with Crippen molar-refractivity contribution < 1.29 is 9.59 Å². The van der Waals surface area contributed by atoms with Gasteiger partial charge < -0.3 is 5.32 Å². The van der Waals surface area contributed by atoms with Crippen molar-refractivity contribution in [2.24, 2.45) is 0 Å². The summed E-state index contributed by atoms with van der Waals surface area (Å²) in [5.41, 5.74) is 1.06. The Labute approximate surface area is 113 Å². The lowest BCUT2D eigenvalue weighted by Gasteiger charge is -2.42. The smallest absolute Gasteiger partial charge is 0.252 e. The molecule has 4 heteroatoms. The molecule has 1 heterocycles. The number of nitrogens with one attached hydrogen (secondary N) is 1. The molecule has 4 nitrogen and oxygen atoms in total. The van der Waals surface area contributed by atoms with Crippen LogP contribution >= 0.6 is 0 Å². The highest BCUT2D eigenvalue weighted by Gasteiger charge is 2.44. The van der Waals surface area contributed by atoms with Gasteiger partial charge in [0.05, 0.1) is 0 Å². The molecule has 0 aromatic heterocycles. The summed E-state index contributed by atoms with van der Waals surface area (Å²) < 4.78 is 0. The van der Waals surface area contributed by atoms with Gasteiger partial charge in [0.2, 0.25) is 5.91 Å². The van der Waals surface area contributed by atoms with Crippen molar-refractivity contribution in [1.29, 1.82) is 0 Å². The van der Waals surface area contributed by atoms with Crippen LogP contribution in [0.4, 0.5) is 5.69 Å². The van der Waals surface area contributed by atoms with Crippen molar-refractivity contribution in [3.05, 3.63) is 29.8 Å². The number of anilines is 1. The predicted molar refractivity (Wildman–Crippen MR) is 75.0 cm³/mol. The Morgan fingerprint density at radius 3 is 2.53 bits per heavy atom. The van der Waals surface area contributed by atoms with Crippen molar-refractivity contribution in [2.45, 2.75) is 45.7 Å². The molecular formula is C15H20N2O2. The Bertz CT molecular complexity index is 523. The van der Waals surface area contributed by atoms with Gasteiger partial charge in [0, 0.05) is 5.69 Å². The van der Waals surface area contributed by atoms with Gasteiger partial charge in [0.25, 0.3) is 5.91 Å². The van der Waals surface area contributed by atoms with Gasteiger partial charge in [-0.2, -0.15) is 0 Å². The van der Waals surface area contributed by atoms with E-state index in [1.54, 1.807) is 25.7 Å². The van der Waals surface area contributed by atoms with Crippen LogP contribution in [0.3, 0.4) is 0 Å². The van der Waals surface area contributed by atoms with E-state index >= 15 is 0 Å². The molecule has 19 heavy (non-hydrogen) atoms. The molecule has 1 aliphatic rings. The highest BCUT2D eigenvalue weighted by molar-refractivity contribution is 6.10. The maximum Gasteiger partial charge on any atom is 0.252 e. The number of para-hydroxylation sites is 1. The van der Waals surface area contributed by atoms with Crippen LogP contribution in [0.15, 0.2) is 24.3 Å². The SMILES string of the molecule is CCc1ccccc1N1C(=O)C(C)(C)NC(=O)C1C. The van der Waals surface area contributed by atoms with Crippen LogP contribution in [0.1, 0.15) is 33.3 Å². The molecule has 1 fully saturated rings. The third-order valence-electron chi connectivity index (χ3n) is 3.59. The lowest BCUT2D eigenvalue weighted by Crippen LogP contribution is -2.67. The molecule has 102 valence electrons. The van der Waals surface area contributed by atoms with Crippen LogP contribution in [0.25, 0.3) is 0 Å². The largest absolute Gasteiger partial charge is 0.340 e. The van der Waals surface area contributed by atoms with Gasteiger partial charge in [-0.05, 0) is 38.8 Å². The van der Waals surface area contributed by atoms with Gasteiger partial charge in [-0.15, -0.1) is 0 Å². The molecule has 2 rings (SSSR count). The first kappa shape index (κ1) is 13.6. The van der Waals surface area contributed by atoms with Crippen LogP contribution < -0.4 is 10.2 Å². The molecule has 0 radical (unpaired) electrons. The molecule has 1 saturated heterocycles. The van der Waals surface area contributed by atoms with Gasteiger partial charge in [-0.25, -0.2) is 0 Å². The molecule has 0 bridgehead atoms. The van der Waals surface area contributed by atoms with E-state index < -0.39 is 11.6 Å². The van der Waals surface area contributed by atoms with E-state index in [0.717, 1.165) is 17.7 Å². The fourth-order valence-electron chi connectivity index (χ4n) is 2.42. The molecular weight excluding hydrogens is 240 g/mol. The number of amides is 2. The van der Waals surface area contributed by atoms with E-state index in [-0.39, 0.29) is 11.8 Å². The molecule has 0 aliphatic carbocycles. The second-order valence-electron chi connectivity index (χ2n) is 5.45. The molecule has 1 aliphatic heterocycles. The molecule has 0 saturated carbocycles. The Morgan fingerprint density at radius 2 is 1.89 bits per heavy atom. The molecule has 1 unspecified atom stereocenters. The van der Waals surface area contributed by atoms with E-state index in [1.807, 2.05) is 31.2 Å². The van der Waals surface area contributed by atoms with Gasteiger partial charge in [0.1, 0.15) is 11.6 Å². The normalized spacial score (nSPS) is 22.3. The van der Waals surface area contributed by atoms with Gasteiger partial charge in [0.15, 0.2) is 0 Å². The van der Waals surface area contributed by atoms with Crippen molar-refractivity contribution >= 4 is 17.5 Å². The highest BCUT2D eigenvalue weighted by Crippen LogP contribution is 2.28. The molecule has 0 spiro atoms. The summed E-state index contributed by atoms with van der Waals surface area (Å²) in [7, 11) is 0. The van der Waals surface area contributed by atoms with Crippen LogP contribution in [0, 0.1) is 0 Å². The molecule has 1 N–H and O–H groups in total. The van der Waals surface area contributed by atoms with Gasteiger partial charge in [-0.3, -0.25) is 14.5 Å². The third kappa shape index (κ3) is 2.23. The number of rotatable bonds is 2. The summed E-state index contributed by atoms with van der Waals surface area (Å²) >= 11 is 0. The standard InChI is InChI=1S/C15H20N2O2/c1-5-11-8-6-7-9-12(11)17-10(2)13(18)16-15(3,4)14(17)19/h6-10H,5H2,1-4H3,(H,16,18). The van der Waals surface area contributed by atoms with Crippen molar-refractivity contribution in [1.82, 2.24) is 5.32 Å². The fraction of sp³-hybridized carbons (Fsp3) is 0.467. The molecule has 1 aromatic carbocycles. The lowest BCUT2D eigenvalue weighted by atomic mass is 9.95. The van der Waals surface area contributed by atoms with E-state index in [9.17, 15) is 9.59 Å². The number of nitrogens with zero attached hydrogens (tertiary/aromatic N) is 1. The summed E-state index contributed by atoms with van der Waals surface area (Å²) in [4.78, 5) is 26.2. The second kappa shape index (κ2) is 4.68. The Balaban J connectivity index is 2.51. The first-order valence-electron chi connectivity index (χ1n) is 6.62. The van der Waals surface area contributed by atoms with E-state index in [0.29, 0.717) is 0 Å². The maximum atomic E-state index is 12.6. The van der Waals surface area contributed by atoms with Crippen LogP contribution in [0.5, 0.6) is 0 Å². The molecule has 1 aromatic rings. The van der Waals surface area contributed by atoms with Crippen LogP contribution in [-0.2, 0) is 16.0 Å². The topological polar surface area (TPSA) is 49.4 Å². The summed E-state index contributed by atoms with van der Waals surface area (Å²) in [6.07, 6.45) is 0.828. The summed E-state index contributed by atoms with van der Waals surface area (Å²) in [6.45, 7) is 7.28. The quantitative estimate of drug-likeness (QED) is 0.882. The number of carbonyl (C=O) groups excluding carboxylic acids is 2. The summed E-state index contributed by atoms with van der Waals surface area (Å²) in [6, 6.07) is 7.27. The average Bonchev–Trinajstić information content (AvgIpc) is 2.37. The second-order valence-corrected chi connectivity index (χ2v) is 5.45. The zero-order valence-corrected chi connectivity index (χ0v) is 11.9.